The minimum absolute atomic E-state index is 0.0764. The second-order valence-corrected chi connectivity index (χ2v) is 5.89. The fraction of sp³-hybridized carbons (Fsp3) is 0.250. The van der Waals surface area contributed by atoms with Crippen LogP contribution in [0.2, 0.25) is 0 Å². The maximum Gasteiger partial charge on any atom is 0.335 e. The van der Waals surface area contributed by atoms with Crippen molar-refractivity contribution in [2.45, 2.75) is 11.3 Å². The molecule has 1 N–H and O–H groups in total. The van der Waals surface area contributed by atoms with Gasteiger partial charge >= 0.3 is 5.97 Å². The Bertz CT molecular complexity index is 575. The monoisotopic (exact) mass is 267 g/mol. The Hall–Kier alpha value is -1.66. The van der Waals surface area contributed by atoms with Crippen molar-refractivity contribution in [2.24, 2.45) is 0 Å². The lowest BCUT2D eigenvalue weighted by molar-refractivity contribution is 0.0696. The third-order valence-corrected chi connectivity index (χ3v) is 4.64. The highest BCUT2D eigenvalue weighted by Crippen LogP contribution is 2.18. The van der Waals surface area contributed by atoms with Gasteiger partial charge in [0.2, 0.25) is 10.0 Å². The van der Waals surface area contributed by atoms with Gasteiger partial charge in [0, 0.05) is 13.1 Å². The first kappa shape index (κ1) is 12.8. The number of carboxylic acids is 1. The molecule has 0 spiro atoms. The summed E-state index contributed by atoms with van der Waals surface area (Å²) >= 11 is 0. The van der Waals surface area contributed by atoms with Gasteiger partial charge in [-0.2, -0.15) is 4.31 Å². The van der Waals surface area contributed by atoms with Crippen molar-refractivity contribution in [3.8, 4) is 0 Å². The van der Waals surface area contributed by atoms with Gasteiger partial charge in [0.15, 0.2) is 0 Å². The summed E-state index contributed by atoms with van der Waals surface area (Å²) in [4.78, 5) is 10.8. The summed E-state index contributed by atoms with van der Waals surface area (Å²) in [6.07, 6.45) is 4.46. The highest BCUT2D eigenvalue weighted by atomic mass is 32.2. The number of hydrogen-bond donors (Lipinski definition) is 1. The smallest absolute Gasteiger partial charge is 0.335 e. The summed E-state index contributed by atoms with van der Waals surface area (Å²) in [5.41, 5.74) is 0.0764. The zero-order valence-corrected chi connectivity index (χ0v) is 10.4. The molecule has 2 rings (SSSR count). The predicted molar refractivity (Wildman–Crippen MR) is 65.9 cm³/mol. The lowest BCUT2D eigenvalue weighted by Crippen LogP contribution is -2.33. The van der Waals surface area contributed by atoms with Gasteiger partial charge < -0.3 is 5.11 Å². The number of benzene rings is 1. The van der Waals surface area contributed by atoms with Crippen molar-refractivity contribution in [2.75, 3.05) is 13.1 Å². The van der Waals surface area contributed by atoms with Crippen LogP contribution in [0.25, 0.3) is 0 Å². The van der Waals surface area contributed by atoms with Gasteiger partial charge in [-0.05, 0) is 30.7 Å². The van der Waals surface area contributed by atoms with E-state index in [2.05, 4.69) is 0 Å². The van der Waals surface area contributed by atoms with Gasteiger partial charge in [0.05, 0.1) is 10.5 Å². The van der Waals surface area contributed by atoms with Crippen LogP contribution in [-0.2, 0) is 10.0 Å². The molecule has 1 aromatic rings. The molecule has 18 heavy (non-hydrogen) atoms. The lowest BCUT2D eigenvalue weighted by atomic mass is 10.2. The summed E-state index contributed by atoms with van der Waals surface area (Å²) in [7, 11) is -3.52. The first-order chi connectivity index (χ1) is 8.51. The van der Waals surface area contributed by atoms with Crippen LogP contribution in [0, 0.1) is 0 Å². The summed E-state index contributed by atoms with van der Waals surface area (Å²) in [5, 5.41) is 8.76. The molecule has 96 valence electrons. The van der Waals surface area contributed by atoms with Crippen LogP contribution in [0.1, 0.15) is 16.8 Å². The number of hydrogen-bond acceptors (Lipinski definition) is 3. The van der Waals surface area contributed by atoms with Gasteiger partial charge in [-0.15, -0.1) is 0 Å². The van der Waals surface area contributed by atoms with E-state index < -0.39 is 16.0 Å². The minimum Gasteiger partial charge on any atom is -0.478 e. The van der Waals surface area contributed by atoms with E-state index >= 15 is 0 Å². The molecule has 6 heteroatoms. The third-order valence-electron chi connectivity index (χ3n) is 2.76. The van der Waals surface area contributed by atoms with Gasteiger partial charge in [-0.1, -0.05) is 12.2 Å². The second kappa shape index (κ2) is 4.91. The normalized spacial score (nSPS) is 16.7. The van der Waals surface area contributed by atoms with Gasteiger partial charge in [0.1, 0.15) is 0 Å². The molecule has 0 saturated heterocycles. The molecule has 5 nitrogen and oxygen atoms in total. The average Bonchev–Trinajstić information content (AvgIpc) is 2.40. The van der Waals surface area contributed by atoms with E-state index in [-0.39, 0.29) is 10.5 Å². The van der Waals surface area contributed by atoms with Crippen molar-refractivity contribution < 1.29 is 18.3 Å². The summed E-state index contributed by atoms with van der Waals surface area (Å²) in [6, 6.07) is 5.26. The van der Waals surface area contributed by atoms with E-state index in [1.807, 2.05) is 12.2 Å². The van der Waals surface area contributed by atoms with E-state index in [1.165, 1.54) is 28.6 Å². The van der Waals surface area contributed by atoms with E-state index in [1.54, 1.807) is 0 Å². The standard InChI is InChI=1S/C12H13NO4S/c14-12(15)10-4-6-11(7-5-10)18(16,17)13-8-2-1-3-9-13/h1-2,4-7H,3,8-9H2,(H,14,15). The minimum atomic E-state index is -3.52. The van der Waals surface area contributed by atoms with Crippen LogP contribution in [0.3, 0.4) is 0 Å². The van der Waals surface area contributed by atoms with Crippen LogP contribution < -0.4 is 0 Å². The van der Waals surface area contributed by atoms with Crippen molar-refractivity contribution in [1.82, 2.24) is 4.31 Å². The van der Waals surface area contributed by atoms with Crippen molar-refractivity contribution in [3.63, 3.8) is 0 Å². The molecular formula is C12H13NO4S. The largest absolute Gasteiger partial charge is 0.478 e. The quantitative estimate of drug-likeness (QED) is 0.838. The van der Waals surface area contributed by atoms with Crippen LogP contribution >= 0.6 is 0 Å². The molecular weight excluding hydrogens is 254 g/mol. The van der Waals surface area contributed by atoms with Crippen LogP contribution in [0.5, 0.6) is 0 Å². The molecule has 0 fully saturated rings. The van der Waals surface area contributed by atoms with Gasteiger partial charge in [0.25, 0.3) is 0 Å². The Kier molecular flexibility index (Phi) is 3.49. The summed E-state index contributed by atoms with van der Waals surface area (Å²) in [5.74, 6) is -1.07. The molecule has 0 radical (unpaired) electrons. The Balaban J connectivity index is 2.29. The van der Waals surface area contributed by atoms with Gasteiger partial charge in [-0.25, -0.2) is 13.2 Å². The molecule has 0 amide bonds. The van der Waals surface area contributed by atoms with E-state index in [0.29, 0.717) is 19.5 Å². The molecule has 0 bridgehead atoms. The van der Waals surface area contributed by atoms with E-state index in [0.717, 1.165) is 0 Å². The van der Waals surface area contributed by atoms with Crippen molar-refractivity contribution in [1.29, 1.82) is 0 Å². The molecule has 0 aliphatic carbocycles. The molecule has 0 unspecified atom stereocenters. The highest BCUT2D eigenvalue weighted by Gasteiger charge is 2.24. The summed E-state index contributed by atoms with van der Waals surface area (Å²) in [6.45, 7) is 0.822. The lowest BCUT2D eigenvalue weighted by Gasteiger charge is -2.22. The number of carbonyl (C=O) groups is 1. The first-order valence-electron chi connectivity index (χ1n) is 5.50. The number of rotatable bonds is 3. The Morgan fingerprint density at radius 3 is 2.33 bits per heavy atom. The van der Waals surface area contributed by atoms with Gasteiger partial charge in [-0.3, -0.25) is 0 Å². The molecule has 1 aliphatic heterocycles. The molecule has 0 atom stereocenters. The Morgan fingerprint density at radius 2 is 1.83 bits per heavy atom. The molecule has 0 aromatic heterocycles. The molecule has 1 aromatic carbocycles. The first-order valence-corrected chi connectivity index (χ1v) is 6.94. The van der Waals surface area contributed by atoms with E-state index in [4.69, 9.17) is 5.11 Å². The topological polar surface area (TPSA) is 74.7 Å². The highest BCUT2D eigenvalue weighted by molar-refractivity contribution is 7.89. The third kappa shape index (κ3) is 2.44. The van der Waals surface area contributed by atoms with Crippen molar-refractivity contribution in [3.05, 3.63) is 42.0 Å². The SMILES string of the molecule is O=C(O)c1ccc(S(=O)(=O)N2CC=CCC2)cc1. The zero-order chi connectivity index (χ0) is 13.2. The predicted octanol–water partition coefficient (Wildman–Crippen LogP) is 1.34. The second-order valence-electron chi connectivity index (χ2n) is 3.95. The zero-order valence-electron chi connectivity index (χ0n) is 9.61. The van der Waals surface area contributed by atoms with Crippen LogP contribution in [0.4, 0.5) is 0 Å². The fourth-order valence-corrected chi connectivity index (χ4v) is 3.16. The maximum atomic E-state index is 12.2. The number of nitrogens with zero attached hydrogens (tertiary/aromatic N) is 1. The van der Waals surface area contributed by atoms with E-state index in [9.17, 15) is 13.2 Å². The molecule has 0 saturated carbocycles. The van der Waals surface area contributed by atoms with Crippen LogP contribution in [-0.4, -0.2) is 36.9 Å². The Labute approximate surface area is 105 Å². The number of sulfonamides is 1. The summed E-state index contributed by atoms with van der Waals surface area (Å²) < 4.78 is 25.8. The maximum absolute atomic E-state index is 12.2. The molecule has 1 heterocycles. The van der Waals surface area contributed by atoms with Crippen LogP contribution in [0.15, 0.2) is 41.3 Å². The fourth-order valence-electron chi connectivity index (χ4n) is 1.76. The Morgan fingerprint density at radius 1 is 1.17 bits per heavy atom. The average molecular weight is 267 g/mol. The number of carboxylic acid groups (broad SMARTS) is 1. The number of aromatic carboxylic acids is 1. The molecule has 1 aliphatic rings. The van der Waals surface area contributed by atoms with Crippen molar-refractivity contribution >= 4 is 16.0 Å².